The molecule has 0 bridgehead atoms. The molecule has 0 aromatic carbocycles. The number of rotatable bonds is 5. The number of halogens is 2. The van der Waals surface area contributed by atoms with Gasteiger partial charge in [-0.2, -0.15) is 0 Å². The van der Waals surface area contributed by atoms with Crippen molar-refractivity contribution in [3.8, 4) is 0 Å². The molecule has 0 amide bonds. The Balaban J connectivity index is 3.98. The summed E-state index contributed by atoms with van der Waals surface area (Å²) >= 11 is 4.34. The summed E-state index contributed by atoms with van der Waals surface area (Å²) in [6.07, 6.45) is 0. The maximum atomic E-state index is 8.90. The molecule has 0 saturated heterocycles. The number of hydrogen-bond donors (Lipinski definition) is 3. The van der Waals surface area contributed by atoms with Crippen LogP contribution in [0.3, 0.4) is 0 Å². The minimum Gasteiger partial charge on any atom is -0.396 e. The van der Waals surface area contributed by atoms with E-state index in [-0.39, 0.29) is 33.6 Å². The summed E-state index contributed by atoms with van der Waals surface area (Å²) in [5.41, 5.74) is 0. The number of hydrogen-bond acceptors (Lipinski definition) is 3. The Hall–Kier alpha value is 1.34. The number of aliphatic hydroxyl groups excluding tert-OH is 3. The van der Waals surface area contributed by atoms with Gasteiger partial charge in [-0.25, -0.2) is 0 Å². The van der Waals surface area contributed by atoms with Crippen LogP contribution in [0.4, 0.5) is 0 Å². The zero-order valence-electron chi connectivity index (χ0n) is 5.95. The van der Waals surface area contributed by atoms with Crippen molar-refractivity contribution >= 4 is 45.2 Å². The Labute approximate surface area is 93.5 Å². The topological polar surface area (TPSA) is 60.7 Å². The average Bonchev–Trinajstić information content (AvgIpc) is 1.99. The van der Waals surface area contributed by atoms with E-state index in [9.17, 15) is 0 Å². The summed E-state index contributed by atoms with van der Waals surface area (Å²) in [5.74, 6) is -0.218. The van der Waals surface area contributed by atoms with Gasteiger partial charge in [-0.15, -0.1) is 0 Å². The van der Waals surface area contributed by atoms with E-state index in [0.29, 0.717) is 0 Å². The average molecular weight is 386 g/mol. The van der Waals surface area contributed by atoms with Crippen LogP contribution in [0.5, 0.6) is 0 Å². The molecule has 0 fully saturated rings. The highest BCUT2D eigenvalue weighted by atomic mass is 127. The first kappa shape index (κ1) is 12.3. The second kappa shape index (κ2) is 6.81. The molecule has 0 aliphatic rings. The van der Waals surface area contributed by atoms with Crippen molar-refractivity contribution in [2.45, 2.75) is 1.93 Å². The van der Waals surface area contributed by atoms with Crippen molar-refractivity contribution in [1.82, 2.24) is 0 Å². The van der Waals surface area contributed by atoms with Gasteiger partial charge in [0.15, 0.2) is 0 Å². The molecule has 3 N–H and O–H groups in total. The molecule has 0 aliphatic carbocycles. The van der Waals surface area contributed by atoms with Crippen molar-refractivity contribution in [1.29, 1.82) is 0 Å². The molecule has 0 saturated carbocycles. The zero-order valence-corrected chi connectivity index (χ0v) is 10.3. The van der Waals surface area contributed by atoms with E-state index in [2.05, 4.69) is 45.2 Å². The number of aliphatic hydroxyl groups is 3. The monoisotopic (exact) mass is 386 g/mol. The quantitative estimate of drug-likeness (QED) is 0.474. The second-order valence-electron chi connectivity index (χ2n) is 2.31. The van der Waals surface area contributed by atoms with Crippen LogP contribution in [0.25, 0.3) is 0 Å². The molecular weight excluding hydrogens is 374 g/mol. The van der Waals surface area contributed by atoms with Crippen molar-refractivity contribution < 1.29 is 15.3 Å². The summed E-state index contributed by atoms with van der Waals surface area (Å²) in [4.78, 5) is 0. The highest BCUT2D eigenvalue weighted by Gasteiger charge is 2.24. The standard InChI is InChI=1S/C6H12I2O3/c7-6(8)5(3-11)4(1-9)2-10/h4-6,9-11H,1-3H2. The molecular formula is C6H12I2O3. The Morgan fingerprint density at radius 3 is 1.45 bits per heavy atom. The van der Waals surface area contributed by atoms with Gasteiger partial charge in [-0.3, -0.25) is 0 Å². The Morgan fingerprint density at radius 1 is 0.909 bits per heavy atom. The van der Waals surface area contributed by atoms with Gasteiger partial charge in [-0.05, 0) is 0 Å². The van der Waals surface area contributed by atoms with Crippen LogP contribution in [0, 0.1) is 11.8 Å². The SMILES string of the molecule is OCC(CO)C(CO)C(I)I. The maximum Gasteiger partial charge on any atom is 0.0680 e. The fraction of sp³-hybridized carbons (Fsp3) is 1.00. The van der Waals surface area contributed by atoms with Crippen LogP contribution in [0.2, 0.25) is 0 Å². The molecule has 0 heterocycles. The molecule has 1 unspecified atom stereocenters. The number of alkyl halides is 2. The van der Waals surface area contributed by atoms with Gasteiger partial charge >= 0.3 is 0 Å². The largest absolute Gasteiger partial charge is 0.396 e. The molecule has 0 spiro atoms. The highest BCUT2D eigenvalue weighted by Crippen LogP contribution is 2.26. The van der Waals surface area contributed by atoms with Gasteiger partial charge in [0.1, 0.15) is 0 Å². The minimum atomic E-state index is -0.196. The lowest BCUT2D eigenvalue weighted by Gasteiger charge is -2.22. The van der Waals surface area contributed by atoms with Crippen LogP contribution in [0.15, 0.2) is 0 Å². The fourth-order valence-corrected chi connectivity index (χ4v) is 2.39. The molecule has 5 heteroatoms. The van der Waals surface area contributed by atoms with Crippen LogP contribution in [0.1, 0.15) is 0 Å². The molecule has 0 rings (SSSR count). The van der Waals surface area contributed by atoms with Crippen LogP contribution < -0.4 is 0 Å². The Kier molecular flexibility index (Phi) is 7.64. The summed E-state index contributed by atoms with van der Waals surface area (Å²) in [6, 6.07) is 0. The minimum absolute atomic E-state index is 0.0162. The molecule has 0 radical (unpaired) electrons. The predicted molar refractivity (Wildman–Crippen MR) is 60.1 cm³/mol. The molecule has 0 aromatic heterocycles. The van der Waals surface area contributed by atoms with Crippen LogP contribution in [-0.4, -0.2) is 37.1 Å². The smallest absolute Gasteiger partial charge is 0.0680 e. The first-order valence-corrected chi connectivity index (χ1v) is 5.77. The van der Waals surface area contributed by atoms with E-state index in [4.69, 9.17) is 15.3 Å². The lowest BCUT2D eigenvalue weighted by Crippen LogP contribution is -2.29. The van der Waals surface area contributed by atoms with E-state index in [1.807, 2.05) is 0 Å². The molecule has 1 atom stereocenters. The van der Waals surface area contributed by atoms with Gasteiger partial charge < -0.3 is 15.3 Å². The lowest BCUT2D eigenvalue weighted by molar-refractivity contribution is 0.0833. The zero-order chi connectivity index (χ0) is 8.85. The van der Waals surface area contributed by atoms with Gasteiger partial charge in [0.05, 0.1) is 1.93 Å². The van der Waals surface area contributed by atoms with Gasteiger partial charge in [0, 0.05) is 31.7 Å². The fourth-order valence-electron chi connectivity index (χ4n) is 0.763. The highest BCUT2D eigenvalue weighted by molar-refractivity contribution is 14.2. The predicted octanol–water partition coefficient (Wildman–Crippen LogP) is 0.392. The summed E-state index contributed by atoms with van der Waals surface area (Å²) in [6.45, 7) is -0.114. The summed E-state index contributed by atoms with van der Waals surface area (Å²) in [7, 11) is 0. The van der Waals surface area contributed by atoms with E-state index >= 15 is 0 Å². The molecule has 0 aromatic rings. The summed E-state index contributed by atoms with van der Waals surface area (Å²) in [5, 5.41) is 26.5. The Bertz CT molecular complexity index is 95.8. The first-order chi connectivity index (χ1) is 5.17. The molecule has 0 aliphatic heterocycles. The van der Waals surface area contributed by atoms with Gasteiger partial charge in [0.2, 0.25) is 0 Å². The lowest BCUT2D eigenvalue weighted by atomic mass is 9.97. The third-order valence-corrected chi connectivity index (χ3v) is 3.46. The molecule has 68 valence electrons. The van der Waals surface area contributed by atoms with Gasteiger partial charge in [0.25, 0.3) is 0 Å². The maximum absolute atomic E-state index is 8.90. The van der Waals surface area contributed by atoms with Crippen molar-refractivity contribution in [2.75, 3.05) is 19.8 Å². The van der Waals surface area contributed by atoms with E-state index < -0.39 is 0 Å². The van der Waals surface area contributed by atoms with Crippen molar-refractivity contribution in [3.63, 3.8) is 0 Å². The van der Waals surface area contributed by atoms with Crippen molar-refractivity contribution in [2.24, 2.45) is 11.8 Å². The summed E-state index contributed by atoms with van der Waals surface area (Å²) < 4.78 is 0.236. The van der Waals surface area contributed by atoms with E-state index in [0.717, 1.165) is 0 Å². The van der Waals surface area contributed by atoms with E-state index in [1.54, 1.807) is 0 Å². The van der Waals surface area contributed by atoms with E-state index in [1.165, 1.54) is 0 Å². The first-order valence-electron chi connectivity index (χ1n) is 3.28. The second-order valence-corrected chi connectivity index (χ2v) is 7.37. The molecule has 3 nitrogen and oxygen atoms in total. The van der Waals surface area contributed by atoms with Gasteiger partial charge in [-0.1, -0.05) is 45.2 Å². The normalized spacial score (nSPS) is 14.5. The molecule has 11 heavy (non-hydrogen) atoms. The van der Waals surface area contributed by atoms with Crippen molar-refractivity contribution in [3.05, 3.63) is 0 Å². The van der Waals surface area contributed by atoms with Crippen LogP contribution >= 0.6 is 45.2 Å². The third-order valence-electron chi connectivity index (χ3n) is 1.61. The van der Waals surface area contributed by atoms with Crippen LogP contribution in [-0.2, 0) is 0 Å². The third kappa shape index (κ3) is 4.20. The Morgan fingerprint density at radius 2 is 1.36 bits per heavy atom.